The Morgan fingerprint density at radius 3 is 2.64 bits per heavy atom. The monoisotopic (exact) mass is 452 g/mol. The van der Waals surface area contributed by atoms with Gasteiger partial charge in [-0.3, -0.25) is 9.69 Å². The molecule has 0 spiro atoms. The molecule has 0 saturated carbocycles. The molecule has 1 atom stereocenters. The van der Waals surface area contributed by atoms with E-state index in [0.717, 1.165) is 37.2 Å². The number of halogens is 1. The molecule has 0 bridgehead atoms. The molecule has 1 fully saturated rings. The second-order valence-electron chi connectivity index (χ2n) is 8.42. The number of hydrogen-bond donors (Lipinski definition) is 2. The minimum Gasteiger partial charge on any atom is -0.442 e. The Kier molecular flexibility index (Phi) is 6.93. The van der Waals surface area contributed by atoms with Gasteiger partial charge in [-0.2, -0.15) is 0 Å². The molecule has 174 valence electrons. The quantitative estimate of drug-likeness (QED) is 0.643. The van der Waals surface area contributed by atoms with Crippen LogP contribution in [0.1, 0.15) is 18.9 Å². The zero-order valence-electron chi connectivity index (χ0n) is 18.9. The number of benzene rings is 2. The van der Waals surface area contributed by atoms with Gasteiger partial charge in [-0.25, -0.2) is 9.18 Å². The Labute approximate surface area is 193 Å². The van der Waals surface area contributed by atoms with E-state index in [9.17, 15) is 14.0 Å². The molecule has 0 radical (unpaired) electrons. The summed E-state index contributed by atoms with van der Waals surface area (Å²) in [5, 5.41) is 6.08. The number of nitrogens with one attached hydrogen (secondary N) is 2. The van der Waals surface area contributed by atoms with Gasteiger partial charge in [-0.05, 0) is 35.7 Å². The van der Waals surface area contributed by atoms with Crippen LogP contribution in [0.2, 0.25) is 0 Å². The fourth-order valence-corrected chi connectivity index (χ4v) is 4.07. The Morgan fingerprint density at radius 1 is 1.18 bits per heavy atom. The smallest absolute Gasteiger partial charge is 0.414 e. The van der Waals surface area contributed by atoms with Crippen molar-refractivity contribution in [1.82, 2.24) is 15.5 Å². The van der Waals surface area contributed by atoms with Crippen molar-refractivity contribution in [3.05, 3.63) is 65.6 Å². The van der Waals surface area contributed by atoms with Gasteiger partial charge in [0.2, 0.25) is 5.91 Å². The highest BCUT2D eigenvalue weighted by molar-refractivity contribution is 5.90. The van der Waals surface area contributed by atoms with Crippen LogP contribution in [0, 0.1) is 5.82 Å². The third-order valence-corrected chi connectivity index (χ3v) is 5.95. The van der Waals surface area contributed by atoms with Gasteiger partial charge in [0.1, 0.15) is 11.9 Å². The Balaban J connectivity index is 1.36. The molecule has 2 aliphatic rings. The lowest BCUT2D eigenvalue weighted by Gasteiger charge is -2.16. The molecule has 2 heterocycles. The maximum Gasteiger partial charge on any atom is 0.414 e. The van der Waals surface area contributed by atoms with E-state index in [-0.39, 0.29) is 19.0 Å². The number of carbonyl (C=O) groups excluding carboxylic acids is 2. The number of likely N-dealkylation sites (N-methyl/N-ethyl adjacent to an activating group) is 1. The fourth-order valence-electron chi connectivity index (χ4n) is 4.07. The van der Waals surface area contributed by atoms with Crippen molar-refractivity contribution in [2.45, 2.75) is 26.0 Å². The van der Waals surface area contributed by atoms with E-state index in [1.807, 2.05) is 24.3 Å². The molecule has 1 saturated heterocycles. The summed E-state index contributed by atoms with van der Waals surface area (Å²) in [6.07, 6.45) is 2.35. The van der Waals surface area contributed by atoms with E-state index in [2.05, 4.69) is 28.7 Å². The molecule has 2 N–H and O–H groups in total. The average molecular weight is 453 g/mol. The van der Waals surface area contributed by atoms with Gasteiger partial charge in [-0.1, -0.05) is 30.3 Å². The summed E-state index contributed by atoms with van der Waals surface area (Å²) in [6, 6.07) is 12.5. The Morgan fingerprint density at radius 2 is 1.97 bits per heavy atom. The molecule has 7 nitrogen and oxygen atoms in total. The van der Waals surface area contributed by atoms with E-state index >= 15 is 0 Å². The largest absolute Gasteiger partial charge is 0.442 e. The molecule has 8 heteroatoms. The standard InChI is InChI=1S/C25H29FN4O3/c1-17(31)28-15-22-16-30(25(32)33-22)20-9-10-23(24(26)12-20)19-7-5-18(6-8-19)13-27-14-21-4-3-11-29(21)2/h4-10,12,22,27H,3,11,13-16H2,1-2H3,(H,28,31)/t22-/m0/s1. The lowest BCUT2D eigenvalue weighted by Crippen LogP contribution is -2.33. The van der Waals surface area contributed by atoms with Crippen LogP contribution < -0.4 is 15.5 Å². The second-order valence-corrected chi connectivity index (χ2v) is 8.42. The summed E-state index contributed by atoms with van der Waals surface area (Å²) >= 11 is 0. The first-order valence-electron chi connectivity index (χ1n) is 11.1. The topological polar surface area (TPSA) is 73.9 Å². The molecule has 2 amide bonds. The van der Waals surface area contributed by atoms with Gasteiger partial charge in [0.25, 0.3) is 0 Å². The summed E-state index contributed by atoms with van der Waals surface area (Å²) in [5.41, 5.74) is 4.12. The van der Waals surface area contributed by atoms with Crippen LogP contribution in [0.3, 0.4) is 0 Å². The summed E-state index contributed by atoms with van der Waals surface area (Å²) in [5.74, 6) is -0.604. The Hall–Kier alpha value is -3.39. The fraction of sp³-hybridized carbons (Fsp3) is 0.360. The molecule has 2 aliphatic heterocycles. The van der Waals surface area contributed by atoms with E-state index in [0.29, 0.717) is 11.3 Å². The molecule has 33 heavy (non-hydrogen) atoms. The maximum absolute atomic E-state index is 14.9. The third-order valence-electron chi connectivity index (χ3n) is 5.95. The highest BCUT2D eigenvalue weighted by Crippen LogP contribution is 2.29. The van der Waals surface area contributed by atoms with Crippen molar-refractivity contribution in [2.75, 3.05) is 38.1 Å². The molecule has 2 aromatic carbocycles. The highest BCUT2D eigenvalue weighted by Gasteiger charge is 2.32. The van der Waals surface area contributed by atoms with Gasteiger partial charge in [0, 0.05) is 44.9 Å². The first-order chi connectivity index (χ1) is 15.9. The summed E-state index contributed by atoms with van der Waals surface area (Å²) in [6.45, 7) is 4.54. The number of anilines is 1. The zero-order valence-corrected chi connectivity index (χ0v) is 18.9. The van der Waals surface area contributed by atoms with E-state index in [1.165, 1.54) is 23.6 Å². The number of ether oxygens (including phenoxy) is 1. The first-order valence-corrected chi connectivity index (χ1v) is 11.1. The molecular weight excluding hydrogens is 423 g/mol. The van der Waals surface area contributed by atoms with Gasteiger partial charge in [0.15, 0.2) is 0 Å². The van der Waals surface area contributed by atoms with Crippen molar-refractivity contribution in [2.24, 2.45) is 0 Å². The van der Waals surface area contributed by atoms with E-state index < -0.39 is 18.0 Å². The Bertz CT molecular complexity index is 1050. The molecule has 4 rings (SSSR count). The van der Waals surface area contributed by atoms with Crippen molar-refractivity contribution in [3.63, 3.8) is 0 Å². The lowest BCUT2D eigenvalue weighted by atomic mass is 10.0. The zero-order chi connectivity index (χ0) is 23.4. The van der Waals surface area contributed by atoms with Gasteiger partial charge in [0.05, 0.1) is 18.8 Å². The number of amides is 2. The third kappa shape index (κ3) is 5.51. The van der Waals surface area contributed by atoms with E-state index in [1.54, 1.807) is 12.1 Å². The highest BCUT2D eigenvalue weighted by atomic mass is 19.1. The second kappa shape index (κ2) is 10.0. The summed E-state index contributed by atoms with van der Waals surface area (Å²) in [4.78, 5) is 26.9. The van der Waals surface area contributed by atoms with E-state index in [4.69, 9.17) is 4.74 Å². The maximum atomic E-state index is 14.9. The molecule has 0 aliphatic carbocycles. The predicted molar refractivity (Wildman–Crippen MR) is 125 cm³/mol. The normalized spacial score (nSPS) is 17.8. The average Bonchev–Trinajstić information content (AvgIpc) is 3.38. The van der Waals surface area contributed by atoms with Crippen LogP contribution in [0.5, 0.6) is 0 Å². The first kappa shape index (κ1) is 22.8. The number of hydrogen-bond acceptors (Lipinski definition) is 5. The van der Waals surface area contributed by atoms with Gasteiger partial charge >= 0.3 is 6.09 Å². The van der Waals surface area contributed by atoms with Crippen molar-refractivity contribution in [3.8, 4) is 11.1 Å². The van der Waals surface area contributed by atoms with Gasteiger partial charge < -0.3 is 20.3 Å². The molecule has 0 aromatic heterocycles. The SMILES string of the molecule is CC(=O)NC[C@H]1CN(c2ccc(-c3ccc(CNCC4=CCCN4C)cc3)c(F)c2)C(=O)O1. The van der Waals surface area contributed by atoms with Crippen molar-refractivity contribution >= 4 is 17.7 Å². The van der Waals surface area contributed by atoms with Crippen LogP contribution >= 0.6 is 0 Å². The number of nitrogens with zero attached hydrogens (tertiary/aromatic N) is 2. The van der Waals surface area contributed by atoms with Crippen LogP contribution in [-0.2, 0) is 16.1 Å². The van der Waals surface area contributed by atoms with Gasteiger partial charge in [-0.15, -0.1) is 0 Å². The minimum absolute atomic E-state index is 0.194. The number of rotatable bonds is 8. The number of cyclic esters (lactones) is 1. The molecule has 2 aromatic rings. The van der Waals surface area contributed by atoms with Crippen LogP contribution in [0.4, 0.5) is 14.9 Å². The molecule has 0 unspecified atom stereocenters. The van der Waals surface area contributed by atoms with Crippen LogP contribution in [-0.4, -0.2) is 56.2 Å². The minimum atomic E-state index is -0.547. The lowest BCUT2D eigenvalue weighted by molar-refractivity contribution is -0.119. The predicted octanol–water partition coefficient (Wildman–Crippen LogP) is 3.26. The van der Waals surface area contributed by atoms with Crippen molar-refractivity contribution in [1.29, 1.82) is 0 Å². The van der Waals surface area contributed by atoms with Crippen molar-refractivity contribution < 1.29 is 18.7 Å². The summed E-state index contributed by atoms with van der Waals surface area (Å²) in [7, 11) is 2.10. The number of carbonyl (C=O) groups is 2. The molecular formula is C25H29FN4O3. The summed E-state index contributed by atoms with van der Waals surface area (Å²) < 4.78 is 20.2. The van der Waals surface area contributed by atoms with Crippen LogP contribution in [0.25, 0.3) is 11.1 Å². The van der Waals surface area contributed by atoms with Crippen LogP contribution in [0.15, 0.2) is 54.2 Å².